The summed E-state index contributed by atoms with van der Waals surface area (Å²) >= 11 is 0. The normalized spacial score (nSPS) is 16.0. The Balaban J connectivity index is 1.53. The van der Waals surface area contributed by atoms with Gasteiger partial charge in [0.2, 0.25) is 0 Å². The molecule has 9 nitrogen and oxygen atoms in total. The monoisotopic (exact) mass is 434 g/mol. The van der Waals surface area contributed by atoms with Gasteiger partial charge in [0, 0.05) is 19.8 Å². The van der Waals surface area contributed by atoms with Crippen molar-refractivity contribution in [3.8, 4) is 12.0 Å². The van der Waals surface area contributed by atoms with Gasteiger partial charge in [0.1, 0.15) is 0 Å². The van der Waals surface area contributed by atoms with E-state index in [2.05, 4.69) is 27.2 Å². The molecule has 1 aliphatic rings. The molecule has 0 amide bonds. The van der Waals surface area contributed by atoms with Crippen LogP contribution in [0.4, 0.5) is 5.82 Å². The third-order valence-corrected chi connectivity index (χ3v) is 5.76. The maximum Gasteiger partial charge on any atom is 0.320 e. The van der Waals surface area contributed by atoms with Crippen LogP contribution >= 0.6 is 0 Å². The average Bonchev–Trinajstić information content (AvgIpc) is 3.12. The van der Waals surface area contributed by atoms with E-state index in [0.29, 0.717) is 29.0 Å². The number of fused-ring (bicyclic) bond motifs is 1. The number of nitrogens with two attached hydrogens (primary N) is 1. The molecule has 0 spiro atoms. The van der Waals surface area contributed by atoms with Gasteiger partial charge in [0.05, 0.1) is 13.2 Å². The molecule has 9 heteroatoms. The molecule has 2 aromatic heterocycles. The summed E-state index contributed by atoms with van der Waals surface area (Å²) in [6.45, 7) is 8.86. The number of hydrogen-bond donors (Lipinski definition) is 2. The van der Waals surface area contributed by atoms with Crippen molar-refractivity contribution in [2.24, 2.45) is 5.92 Å². The average molecular weight is 435 g/mol. The first-order chi connectivity index (χ1) is 15.1. The summed E-state index contributed by atoms with van der Waals surface area (Å²) in [6, 6.07) is 0.805. The molecule has 174 valence electrons. The first kappa shape index (κ1) is 23.5. The molecule has 0 radical (unpaired) electrons. The Morgan fingerprint density at radius 2 is 2.00 bits per heavy atom. The molecule has 3 N–H and O–H groups in total. The Bertz CT molecular complexity index is 806. The van der Waals surface area contributed by atoms with Crippen LogP contribution in [0.5, 0.6) is 12.0 Å². The summed E-state index contributed by atoms with van der Waals surface area (Å²) in [5.41, 5.74) is 7.36. The number of ether oxygens (including phenoxy) is 3. The second-order valence-corrected chi connectivity index (χ2v) is 8.35. The van der Waals surface area contributed by atoms with Gasteiger partial charge in [0.25, 0.3) is 6.01 Å². The van der Waals surface area contributed by atoms with E-state index < -0.39 is 0 Å². The largest absolute Gasteiger partial charge is 0.468 e. The number of hydrogen-bond acceptors (Lipinski definition) is 8. The summed E-state index contributed by atoms with van der Waals surface area (Å²) in [7, 11) is 1.61. The Morgan fingerprint density at radius 3 is 2.74 bits per heavy atom. The molecule has 1 atom stereocenters. The van der Waals surface area contributed by atoms with Gasteiger partial charge >= 0.3 is 6.01 Å². The molecule has 3 rings (SSSR count). The predicted octanol–water partition coefficient (Wildman–Crippen LogP) is 3.17. The number of imidazole rings is 1. The van der Waals surface area contributed by atoms with Crippen LogP contribution in [0.15, 0.2) is 0 Å². The van der Waals surface area contributed by atoms with Crippen LogP contribution in [-0.4, -0.2) is 59.0 Å². The van der Waals surface area contributed by atoms with Crippen LogP contribution in [0.2, 0.25) is 0 Å². The molecule has 3 heterocycles. The predicted molar refractivity (Wildman–Crippen MR) is 122 cm³/mol. The van der Waals surface area contributed by atoms with E-state index in [1.807, 2.05) is 11.5 Å². The molecule has 0 saturated carbocycles. The van der Waals surface area contributed by atoms with Crippen LogP contribution in [0, 0.1) is 5.92 Å². The number of nitrogen functional groups attached to an aromatic ring is 1. The van der Waals surface area contributed by atoms with Crippen LogP contribution in [0.25, 0.3) is 11.2 Å². The van der Waals surface area contributed by atoms with Gasteiger partial charge in [0.15, 0.2) is 17.0 Å². The third kappa shape index (κ3) is 6.67. The van der Waals surface area contributed by atoms with Crippen molar-refractivity contribution in [1.29, 1.82) is 0 Å². The number of anilines is 1. The molecule has 1 fully saturated rings. The highest BCUT2D eigenvalue weighted by Gasteiger charge is 2.18. The summed E-state index contributed by atoms with van der Waals surface area (Å²) < 4.78 is 18.7. The van der Waals surface area contributed by atoms with Crippen molar-refractivity contribution >= 4 is 17.0 Å². The fraction of sp³-hybridized carbons (Fsp3) is 0.773. The summed E-state index contributed by atoms with van der Waals surface area (Å²) in [5.74, 6) is 1.08. The van der Waals surface area contributed by atoms with Gasteiger partial charge in [-0.15, -0.1) is 0 Å². The summed E-state index contributed by atoms with van der Waals surface area (Å²) in [4.78, 5) is 13.3. The maximum atomic E-state index is 6.14. The number of methoxy groups -OCH3 is 1. The number of aromatic nitrogens is 4. The van der Waals surface area contributed by atoms with E-state index >= 15 is 0 Å². The molecular weight excluding hydrogens is 396 g/mol. The lowest BCUT2D eigenvalue weighted by atomic mass is 10.0. The zero-order valence-electron chi connectivity index (χ0n) is 19.2. The van der Waals surface area contributed by atoms with Gasteiger partial charge in [-0.05, 0) is 58.0 Å². The Kier molecular flexibility index (Phi) is 9.14. The first-order valence-corrected chi connectivity index (χ1v) is 11.6. The van der Waals surface area contributed by atoms with E-state index in [1.54, 1.807) is 7.11 Å². The smallest absolute Gasteiger partial charge is 0.320 e. The molecule has 0 unspecified atom stereocenters. The Labute approximate surface area is 185 Å². The van der Waals surface area contributed by atoms with E-state index in [-0.39, 0.29) is 6.10 Å². The van der Waals surface area contributed by atoms with E-state index in [9.17, 15) is 0 Å². The lowest BCUT2D eigenvalue weighted by Gasteiger charge is -2.22. The quantitative estimate of drug-likeness (QED) is 0.463. The summed E-state index contributed by atoms with van der Waals surface area (Å²) in [5, 5.41) is 3.59. The van der Waals surface area contributed by atoms with Gasteiger partial charge in [-0.1, -0.05) is 19.8 Å². The third-order valence-electron chi connectivity index (χ3n) is 5.76. The van der Waals surface area contributed by atoms with Crippen molar-refractivity contribution in [3.63, 3.8) is 0 Å². The van der Waals surface area contributed by atoms with Crippen molar-refractivity contribution < 1.29 is 14.2 Å². The lowest BCUT2D eigenvalue weighted by molar-refractivity contribution is 0.0663. The van der Waals surface area contributed by atoms with Gasteiger partial charge in [-0.25, -0.2) is 0 Å². The molecule has 31 heavy (non-hydrogen) atoms. The van der Waals surface area contributed by atoms with Crippen molar-refractivity contribution in [2.75, 3.05) is 39.1 Å². The number of rotatable bonds is 13. The molecule has 0 aliphatic carbocycles. The lowest BCUT2D eigenvalue weighted by Crippen LogP contribution is -2.28. The zero-order valence-corrected chi connectivity index (χ0v) is 19.2. The summed E-state index contributed by atoms with van der Waals surface area (Å²) in [6.07, 6.45) is 7.62. The second kappa shape index (κ2) is 12.0. The van der Waals surface area contributed by atoms with Gasteiger partial charge < -0.3 is 25.3 Å². The molecule has 0 bridgehead atoms. The van der Waals surface area contributed by atoms with E-state index in [0.717, 1.165) is 70.9 Å². The molecular formula is C22H38N6O3. The van der Waals surface area contributed by atoms with Crippen molar-refractivity contribution in [1.82, 2.24) is 24.8 Å². The number of unbranched alkanes of at least 4 members (excludes halogenated alkanes) is 2. The first-order valence-electron chi connectivity index (χ1n) is 11.6. The van der Waals surface area contributed by atoms with Crippen LogP contribution in [0.1, 0.15) is 58.8 Å². The van der Waals surface area contributed by atoms with E-state index in [1.165, 1.54) is 12.8 Å². The molecule has 1 saturated heterocycles. The number of aryl methyl sites for hydroxylation is 1. The number of nitrogens with zero attached hydrogens (tertiary/aromatic N) is 4. The van der Waals surface area contributed by atoms with Crippen LogP contribution in [0.3, 0.4) is 0 Å². The Morgan fingerprint density at radius 1 is 1.19 bits per heavy atom. The topological polar surface area (TPSA) is 109 Å². The van der Waals surface area contributed by atoms with E-state index in [4.69, 9.17) is 19.9 Å². The maximum absolute atomic E-state index is 6.14. The highest BCUT2D eigenvalue weighted by Crippen LogP contribution is 2.26. The van der Waals surface area contributed by atoms with Crippen LogP contribution < -0.4 is 20.5 Å². The van der Waals surface area contributed by atoms with Gasteiger partial charge in [-0.3, -0.25) is 4.57 Å². The fourth-order valence-electron chi connectivity index (χ4n) is 3.99. The highest BCUT2D eigenvalue weighted by atomic mass is 16.5. The van der Waals surface area contributed by atoms with Crippen molar-refractivity contribution in [3.05, 3.63) is 0 Å². The SMILES string of the molecule is CCC[C@H](C)Oc1nc(N)c2nc(OC)n(CCCCCNCC3CCOCC3)c2n1. The van der Waals surface area contributed by atoms with Crippen LogP contribution in [-0.2, 0) is 11.3 Å². The minimum Gasteiger partial charge on any atom is -0.468 e. The second-order valence-electron chi connectivity index (χ2n) is 8.35. The highest BCUT2D eigenvalue weighted by molar-refractivity contribution is 5.83. The molecule has 0 aromatic carbocycles. The van der Waals surface area contributed by atoms with Gasteiger partial charge in [-0.2, -0.15) is 15.0 Å². The zero-order chi connectivity index (χ0) is 22.1. The standard InChI is InChI=1S/C22H38N6O3/c1-4-8-16(2)31-21-26-19(23)18-20(27-21)28(22(25-18)29-3)12-7-5-6-11-24-15-17-9-13-30-14-10-17/h16-17,24H,4-15H2,1-3H3,(H2,23,26,27)/t16-/m0/s1. The number of nitrogens with one attached hydrogen (secondary N) is 1. The minimum absolute atomic E-state index is 0.0359. The fourth-order valence-corrected chi connectivity index (χ4v) is 3.99. The molecule has 1 aliphatic heterocycles. The van der Waals surface area contributed by atoms with Crippen molar-refractivity contribution in [2.45, 2.75) is 71.4 Å². The Hall–Kier alpha value is -2.13. The minimum atomic E-state index is 0.0359. The molecule has 2 aromatic rings.